The molecule has 0 saturated carbocycles. The molecule has 1 aromatic heterocycles. The highest BCUT2D eigenvalue weighted by atomic mass is 16.3. The van der Waals surface area contributed by atoms with E-state index in [1.807, 2.05) is 11.0 Å². The van der Waals surface area contributed by atoms with Gasteiger partial charge >= 0.3 is 0 Å². The second-order valence-electron chi connectivity index (χ2n) is 4.20. The normalized spacial score (nSPS) is 17.7. The zero-order chi connectivity index (χ0) is 11.6. The molecule has 2 rings (SSSR count). The van der Waals surface area contributed by atoms with Gasteiger partial charge in [-0.15, -0.1) is 0 Å². The molecule has 84 valence electrons. The SMILES string of the molecule is CCCC1(O)CN(c2cnc(C#N)cn2)C1. The standard InChI is InChI=1S/C11H14N4O/c1-2-3-11(16)7-15(8-11)10-6-13-9(4-12)5-14-10/h5-6,16H,2-3,7-8H2,1H3. The highest BCUT2D eigenvalue weighted by Crippen LogP contribution is 2.29. The van der Waals surface area contributed by atoms with Crippen LogP contribution in [0.5, 0.6) is 0 Å². The first-order chi connectivity index (χ1) is 7.67. The molecule has 2 heterocycles. The first kappa shape index (κ1) is 10.8. The Hall–Kier alpha value is -1.67. The highest BCUT2D eigenvalue weighted by Gasteiger charge is 2.40. The molecule has 16 heavy (non-hydrogen) atoms. The van der Waals surface area contributed by atoms with E-state index in [1.54, 1.807) is 6.20 Å². The summed E-state index contributed by atoms with van der Waals surface area (Å²) in [6, 6.07) is 1.92. The first-order valence-corrected chi connectivity index (χ1v) is 5.36. The van der Waals surface area contributed by atoms with Crippen molar-refractivity contribution in [3.05, 3.63) is 18.1 Å². The van der Waals surface area contributed by atoms with Gasteiger partial charge in [0.05, 0.1) is 31.1 Å². The van der Waals surface area contributed by atoms with Gasteiger partial charge in [0.1, 0.15) is 11.9 Å². The van der Waals surface area contributed by atoms with Crippen LogP contribution in [0.15, 0.2) is 12.4 Å². The van der Waals surface area contributed by atoms with Gasteiger partial charge in [-0.25, -0.2) is 9.97 Å². The van der Waals surface area contributed by atoms with Crippen LogP contribution >= 0.6 is 0 Å². The molecule has 1 saturated heterocycles. The van der Waals surface area contributed by atoms with Crippen LogP contribution in [0.1, 0.15) is 25.5 Å². The summed E-state index contributed by atoms with van der Waals surface area (Å²) in [5.74, 6) is 0.722. The summed E-state index contributed by atoms with van der Waals surface area (Å²) in [5.41, 5.74) is -0.252. The van der Waals surface area contributed by atoms with Gasteiger partial charge in [0.2, 0.25) is 0 Å². The lowest BCUT2D eigenvalue weighted by atomic mass is 9.89. The zero-order valence-electron chi connectivity index (χ0n) is 9.22. The van der Waals surface area contributed by atoms with E-state index >= 15 is 0 Å². The largest absolute Gasteiger partial charge is 0.386 e. The average molecular weight is 218 g/mol. The van der Waals surface area contributed by atoms with E-state index in [9.17, 15) is 5.11 Å². The Morgan fingerprint density at radius 1 is 1.50 bits per heavy atom. The average Bonchev–Trinajstić information content (AvgIpc) is 2.26. The third kappa shape index (κ3) is 1.97. The number of nitrogens with zero attached hydrogens (tertiary/aromatic N) is 4. The maximum absolute atomic E-state index is 10.0. The Morgan fingerprint density at radius 3 is 2.75 bits per heavy atom. The van der Waals surface area contributed by atoms with Crippen LogP contribution in [0.2, 0.25) is 0 Å². The molecule has 1 fully saturated rings. The number of rotatable bonds is 3. The zero-order valence-corrected chi connectivity index (χ0v) is 9.22. The summed E-state index contributed by atoms with van der Waals surface area (Å²) in [7, 11) is 0. The molecular weight excluding hydrogens is 204 g/mol. The minimum absolute atomic E-state index is 0.313. The minimum Gasteiger partial charge on any atom is -0.386 e. The molecule has 0 spiro atoms. The van der Waals surface area contributed by atoms with Crippen molar-refractivity contribution in [2.24, 2.45) is 0 Å². The van der Waals surface area contributed by atoms with E-state index in [2.05, 4.69) is 16.9 Å². The Kier molecular flexibility index (Phi) is 2.75. The fraction of sp³-hybridized carbons (Fsp3) is 0.545. The minimum atomic E-state index is -0.565. The summed E-state index contributed by atoms with van der Waals surface area (Å²) in [5, 5.41) is 18.6. The topological polar surface area (TPSA) is 73.0 Å². The number of hydrogen-bond donors (Lipinski definition) is 1. The maximum Gasteiger partial charge on any atom is 0.158 e. The predicted molar refractivity (Wildman–Crippen MR) is 58.8 cm³/mol. The van der Waals surface area contributed by atoms with Crippen LogP contribution in [0.3, 0.4) is 0 Å². The lowest BCUT2D eigenvalue weighted by molar-refractivity contribution is 0.00291. The van der Waals surface area contributed by atoms with Gasteiger partial charge in [-0.05, 0) is 6.42 Å². The van der Waals surface area contributed by atoms with E-state index in [-0.39, 0.29) is 0 Å². The van der Waals surface area contributed by atoms with E-state index in [0.29, 0.717) is 18.8 Å². The molecule has 0 unspecified atom stereocenters. The van der Waals surface area contributed by atoms with E-state index in [1.165, 1.54) is 6.20 Å². The number of anilines is 1. The van der Waals surface area contributed by atoms with Crippen molar-refractivity contribution < 1.29 is 5.11 Å². The fourth-order valence-corrected chi connectivity index (χ4v) is 1.99. The summed E-state index contributed by atoms with van der Waals surface area (Å²) >= 11 is 0. The fourth-order valence-electron chi connectivity index (χ4n) is 1.99. The number of hydrogen-bond acceptors (Lipinski definition) is 5. The summed E-state index contributed by atoms with van der Waals surface area (Å²) in [6.07, 6.45) is 4.81. The molecule has 0 aromatic carbocycles. The molecule has 0 bridgehead atoms. The van der Waals surface area contributed by atoms with Crippen molar-refractivity contribution >= 4 is 5.82 Å². The lowest BCUT2D eigenvalue weighted by Gasteiger charge is -2.47. The van der Waals surface area contributed by atoms with Crippen molar-refractivity contribution in [3.8, 4) is 6.07 Å². The molecule has 1 aliphatic heterocycles. The number of β-amino-alcohol motifs (C(OH)–C–C–N with tert-alkyl or cyclic N) is 1. The van der Waals surface area contributed by atoms with Gasteiger partial charge in [-0.2, -0.15) is 5.26 Å². The van der Waals surface area contributed by atoms with Gasteiger partial charge in [-0.1, -0.05) is 13.3 Å². The quantitative estimate of drug-likeness (QED) is 0.808. The van der Waals surface area contributed by atoms with E-state index < -0.39 is 5.60 Å². The molecule has 1 aliphatic rings. The van der Waals surface area contributed by atoms with Gasteiger partial charge in [0, 0.05) is 0 Å². The molecule has 1 aromatic rings. The second-order valence-corrected chi connectivity index (χ2v) is 4.20. The smallest absolute Gasteiger partial charge is 0.158 e. The summed E-state index contributed by atoms with van der Waals surface area (Å²) < 4.78 is 0. The monoisotopic (exact) mass is 218 g/mol. The van der Waals surface area contributed by atoms with E-state index in [4.69, 9.17) is 5.26 Å². The van der Waals surface area contributed by atoms with Crippen LogP contribution in [-0.4, -0.2) is 33.8 Å². The van der Waals surface area contributed by atoms with Crippen LogP contribution in [0, 0.1) is 11.3 Å². The highest BCUT2D eigenvalue weighted by molar-refractivity contribution is 5.42. The lowest BCUT2D eigenvalue weighted by Crippen LogP contribution is -2.62. The van der Waals surface area contributed by atoms with Crippen molar-refractivity contribution in [1.29, 1.82) is 5.26 Å². The van der Waals surface area contributed by atoms with Gasteiger partial charge in [-0.3, -0.25) is 0 Å². The van der Waals surface area contributed by atoms with Gasteiger partial charge in [0.25, 0.3) is 0 Å². The first-order valence-electron chi connectivity index (χ1n) is 5.36. The third-order valence-corrected chi connectivity index (χ3v) is 2.76. The summed E-state index contributed by atoms with van der Waals surface area (Å²) in [6.45, 7) is 3.25. The van der Waals surface area contributed by atoms with Crippen molar-refractivity contribution in [2.45, 2.75) is 25.4 Å². The molecule has 0 aliphatic carbocycles. The Bertz CT molecular complexity index is 403. The molecule has 0 atom stereocenters. The Balaban J connectivity index is 1.99. The maximum atomic E-state index is 10.0. The summed E-state index contributed by atoms with van der Waals surface area (Å²) in [4.78, 5) is 10.0. The van der Waals surface area contributed by atoms with Crippen LogP contribution in [0.25, 0.3) is 0 Å². The number of aliphatic hydroxyl groups is 1. The number of aromatic nitrogens is 2. The number of nitriles is 1. The molecule has 1 N–H and O–H groups in total. The molecule has 5 heteroatoms. The van der Waals surface area contributed by atoms with Crippen molar-refractivity contribution in [1.82, 2.24) is 9.97 Å². The third-order valence-electron chi connectivity index (χ3n) is 2.76. The Labute approximate surface area is 94.4 Å². The molecule has 0 radical (unpaired) electrons. The molecule has 0 amide bonds. The Morgan fingerprint density at radius 2 is 2.25 bits per heavy atom. The van der Waals surface area contributed by atoms with Crippen LogP contribution < -0.4 is 4.90 Å². The van der Waals surface area contributed by atoms with E-state index in [0.717, 1.165) is 18.7 Å². The molecular formula is C11H14N4O. The van der Waals surface area contributed by atoms with Crippen molar-refractivity contribution in [2.75, 3.05) is 18.0 Å². The van der Waals surface area contributed by atoms with Crippen molar-refractivity contribution in [3.63, 3.8) is 0 Å². The molecule has 5 nitrogen and oxygen atoms in total. The second kappa shape index (κ2) is 4.06. The predicted octanol–water partition coefficient (Wildman–Crippen LogP) is 0.699. The van der Waals surface area contributed by atoms with Crippen LogP contribution in [0.4, 0.5) is 5.82 Å². The van der Waals surface area contributed by atoms with Gasteiger partial charge in [0.15, 0.2) is 5.69 Å². The van der Waals surface area contributed by atoms with Crippen LogP contribution in [-0.2, 0) is 0 Å². The van der Waals surface area contributed by atoms with Gasteiger partial charge < -0.3 is 10.0 Å².